The highest BCUT2D eigenvalue weighted by atomic mass is 19.1. The molecule has 0 unspecified atom stereocenters. The van der Waals surface area contributed by atoms with Crippen molar-refractivity contribution in [2.24, 2.45) is 11.8 Å². The van der Waals surface area contributed by atoms with Crippen molar-refractivity contribution in [3.63, 3.8) is 0 Å². The molecule has 2 heterocycles. The van der Waals surface area contributed by atoms with Crippen LogP contribution in [-0.4, -0.2) is 55.7 Å². The molecule has 2 saturated heterocycles. The van der Waals surface area contributed by atoms with E-state index in [0.29, 0.717) is 5.92 Å². The van der Waals surface area contributed by atoms with Crippen LogP contribution in [-0.2, 0) is 0 Å². The van der Waals surface area contributed by atoms with Crippen LogP contribution in [0.1, 0.15) is 46.5 Å². The maximum absolute atomic E-state index is 13.6. The van der Waals surface area contributed by atoms with E-state index in [1.54, 1.807) is 0 Å². The van der Waals surface area contributed by atoms with E-state index in [9.17, 15) is 4.39 Å². The third-order valence-corrected chi connectivity index (χ3v) is 4.42. The van der Waals surface area contributed by atoms with Gasteiger partial charge in [-0.1, -0.05) is 27.2 Å². The summed E-state index contributed by atoms with van der Waals surface area (Å²) in [7, 11) is 2.20. The van der Waals surface area contributed by atoms with Crippen LogP contribution < -0.4 is 0 Å². The SMILES string of the molecule is CC.CCC[C@@H](F)C1CN(CC2CCN(C)CC2)C1. The average Bonchev–Trinajstić information content (AvgIpc) is 2.38. The molecular weight excluding hydrogens is 239 g/mol. The summed E-state index contributed by atoms with van der Waals surface area (Å²) in [4.78, 5) is 4.87. The molecule has 2 rings (SSSR count). The monoisotopic (exact) mass is 272 g/mol. The number of rotatable bonds is 5. The number of hydrogen-bond acceptors (Lipinski definition) is 2. The summed E-state index contributed by atoms with van der Waals surface area (Å²) in [5.74, 6) is 1.19. The predicted octanol–water partition coefficient (Wildman–Crippen LogP) is 3.42. The van der Waals surface area contributed by atoms with Crippen LogP contribution in [0.2, 0.25) is 0 Å². The zero-order valence-electron chi connectivity index (χ0n) is 13.4. The quantitative estimate of drug-likeness (QED) is 0.756. The van der Waals surface area contributed by atoms with Gasteiger partial charge in [0.15, 0.2) is 0 Å². The molecule has 2 fully saturated rings. The molecule has 3 heteroatoms. The minimum atomic E-state index is -0.547. The molecule has 0 amide bonds. The Morgan fingerprint density at radius 3 is 2.26 bits per heavy atom. The molecule has 0 bridgehead atoms. The summed E-state index contributed by atoms with van der Waals surface area (Å²) < 4.78 is 13.6. The van der Waals surface area contributed by atoms with Crippen LogP contribution in [0.4, 0.5) is 4.39 Å². The number of halogens is 1. The molecule has 114 valence electrons. The first-order valence-corrected chi connectivity index (χ1v) is 8.24. The van der Waals surface area contributed by atoms with E-state index in [0.717, 1.165) is 31.8 Å². The van der Waals surface area contributed by atoms with Crippen molar-refractivity contribution in [1.29, 1.82) is 0 Å². The van der Waals surface area contributed by atoms with E-state index in [1.807, 2.05) is 13.8 Å². The lowest BCUT2D eigenvalue weighted by atomic mass is 9.89. The Kier molecular flexibility index (Phi) is 7.93. The van der Waals surface area contributed by atoms with Crippen LogP contribution >= 0.6 is 0 Å². The van der Waals surface area contributed by atoms with Crippen molar-refractivity contribution in [1.82, 2.24) is 9.80 Å². The standard InChI is InChI=1S/C14H27FN2.C2H6/c1-3-4-14(15)13-10-17(11-13)9-12-5-7-16(2)8-6-12;1-2/h12-14H,3-11H2,1-2H3;1-2H3/t14-;/m1./s1. The maximum Gasteiger partial charge on any atom is 0.105 e. The fraction of sp³-hybridized carbons (Fsp3) is 1.00. The fourth-order valence-electron chi connectivity index (χ4n) is 3.11. The first-order chi connectivity index (χ1) is 9.19. The molecule has 1 atom stereocenters. The van der Waals surface area contributed by atoms with E-state index < -0.39 is 6.17 Å². The van der Waals surface area contributed by atoms with Crippen molar-refractivity contribution < 1.29 is 4.39 Å². The molecule has 0 aromatic rings. The summed E-state index contributed by atoms with van der Waals surface area (Å²) in [6, 6.07) is 0. The zero-order valence-corrected chi connectivity index (χ0v) is 13.4. The van der Waals surface area contributed by atoms with Gasteiger partial charge in [0.05, 0.1) is 0 Å². The Morgan fingerprint density at radius 2 is 1.74 bits per heavy atom. The molecule has 0 spiro atoms. The largest absolute Gasteiger partial charge is 0.306 e. The van der Waals surface area contributed by atoms with E-state index in [1.165, 1.54) is 32.5 Å². The van der Waals surface area contributed by atoms with E-state index in [-0.39, 0.29) is 0 Å². The Bertz CT molecular complexity index is 221. The lowest BCUT2D eigenvalue weighted by Crippen LogP contribution is -2.52. The van der Waals surface area contributed by atoms with Gasteiger partial charge in [-0.2, -0.15) is 0 Å². The summed E-state index contributed by atoms with van der Waals surface area (Å²) in [5, 5.41) is 0. The van der Waals surface area contributed by atoms with Gasteiger partial charge in [0, 0.05) is 25.6 Å². The topological polar surface area (TPSA) is 6.48 Å². The second-order valence-electron chi connectivity index (χ2n) is 6.03. The van der Waals surface area contributed by atoms with Crippen LogP contribution in [0, 0.1) is 11.8 Å². The van der Waals surface area contributed by atoms with Crippen LogP contribution in [0.15, 0.2) is 0 Å². The molecule has 2 nitrogen and oxygen atoms in total. The number of likely N-dealkylation sites (tertiary alicyclic amines) is 2. The van der Waals surface area contributed by atoms with Crippen molar-refractivity contribution in [3.8, 4) is 0 Å². The molecule has 0 saturated carbocycles. The van der Waals surface area contributed by atoms with Crippen LogP contribution in [0.25, 0.3) is 0 Å². The molecule has 0 N–H and O–H groups in total. The van der Waals surface area contributed by atoms with Gasteiger partial charge in [-0.15, -0.1) is 0 Å². The van der Waals surface area contributed by atoms with Crippen molar-refractivity contribution in [2.75, 3.05) is 39.8 Å². The predicted molar refractivity (Wildman–Crippen MR) is 81.3 cm³/mol. The Labute approximate surface area is 119 Å². The summed E-state index contributed by atoms with van der Waals surface area (Å²) in [5.41, 5.74) is 0. The molecule has 0 aromatic carbocycles. The number of hydrogen-bond donors (Lipinski definition) is 0. The van der Waals surface area contributed by atoms with Gasteiger partial charge in [0.25, 0.3) is 0 Å². The van der Waals surface area contributed by atoms with Gasteiger partial charge in [-0.3, -0.25) is 0 Å². The minimum absolute atomic E-state index is 0.334. The van der Waals surface area contributed by atoms with Gasteiger partial charge in [0.2, 0.25) is 0 Å². The smallest absolute Gasteiger partial charge is 0.105 e. The second-order valence-corrected chi connectivity index (χ2v) is 6.03. The van der Waals surface area contributed by atoms with Gasteiger partial charge in [-0.25, -0.2) is 4.39 Å². The number of alkyl halides is 1. The molecule has 19 heavy (non-hydrogen) atoms. The highest BCUT2D eigenvalue weighted by Gasteiger charge is 2.34. The first-order valence-electron chi connectivity index (χ1n) is 8.24. The zero-order chi connectivity index (χ0) is 14.3. The Morgan fingerprint density at radius 1 is 1.16 bits per heavy atom. The number of piperidine rings is 1. The minimum Gasteiger partial charge on any atom is -0.306 e. The highest BCUT2D eigenvalue weighted by molar-refractivity contribution is 4.87. The molecule has 2 aliphatic rings. The van der Waals surface area contributed by atoms with Crippen molar-refractivity contribution >= 4 is 0 Å². The molecule has 0 aromatic heterocycles. The average molecular weight is 272 g/mol. The summed E-state index contributed by atoms with van der Waals surface area (Å²) >= 11 is 0. The molecule has 0 aliphatic carbocycles. The number of nitrogens with zero attached hydrogens (tertiary/aromatic N) is 2. The van der Waals surface area contributed by atoms with Crippen LogP contribution in [0.3, 0.4) is 0 Å². The van der Waals surface area contributed by atoms with Gasteiger partial charge >= 0.3 is 0 Å². The molecule has 0 radical (unpaired) electrons. The molecular formula is C16H33FN2. The normalized spacial score (nSPS) is 24.5. The van der Waals surface area contributed by atoms with E-state index in [2.05, 4.69) is 23.8 Å². The van der Waals surface area contributed by atoms with Crippen molar-refractivity contribution in [2.45, 2.75) is 52.6 Å². The maximum atomic E-state index is 13.6. The van der Waals surface area contributed by atoms with Crippen molar-refractivity contribution in [3.05, 3.63) is 0 Å². The van der Waals surface area contributed by atoms with Gasteiger partial charge in [0.1, 0.15) is 6.17 Å². The van der Waals surface area contributed by atoms with Gasteiger partial charge in [-0.05, 0) is 45.3 Å². The summed E-state index contributed by atoms with van der Waals surface area (Å²) in [6.07, 6.45) is 3.84. The fourth-order valence-corrected chi connectivity index (χ4v) is 3.11. The van der Waals surface area contributed by atoms with Crippen LogP contribution in [0.5, 0.6) is 0 Å². The lowest BCUT2D eigenvalue weighted by molar-refractivity contribution is 0.0169. The Balaban J connectivity index is 0.000000861. The third kappa shape index (κ3) is 5.39. The lowest BCUT2D eigenvalue weighted by Gasteiger charge is -2.43. The third-order valence-electron chi connectivity index (χ3n) is 4.42. The van der Waals surface area contributed by atoms with E-state index in [4.69, 9.17) is 0 Å². The first kappa shape index (κ1) is 16.9. The second kappa shape index (κ2) is 8.91. The summed E-state index contributed by atoms with van der Waals surface area (Å²) in [6.45, 7) is 11.8. The van der Waals surface area contributed by atoms with E-state index >= 15 is 0 Å². The highest BCUT2D eigenvalue weighted by Crippen LogP contribution is 2.27. The van der Waals surface area contributed by atoms with Gasteiger partial charge < -0.3 is 9.80 Å². The molecule has 2 aliphatic heterocycles. The Hall–Kier alpha value is -0.150.